The third-order valence-corrected chi connectivity index (χ3v) is 12.4. The fourth-order valence-corrected chi connectivity index (χ4v) is 9.51. The third kappa shape index (κ3) is 9.92. The Morgan fingerprint density at radius 2 is 1.64 bits per heavy atom. The number of unbranched alkanes of at least 4 members (excludes halogenated alkanes) is 14. The van der Waals surface area contributed by atoms with E-state index in [0.717, 1.165) is 31.7 Å². The molecule has 0 bridgehead atoms. The first-order chi connectivity index (χ1) is 27.9. The molecule has 2 aromatic heterocycles. The molecule has 4 heterocycles. The summed E-state index contributed by atoms with van der Waals surface area (Å²) in [6, 6.07) is 11.5. The Hall–Kier alpha value is -3.50. The van der Waals surface area contributed by atoms with E-state index in [4.69, 9.17) is 33.7 Å². The molecule has 6 rings (SSSR count). The van der Waals surface area contributed by atoms with Gasteiger partial charge in [0.1, 0.15) is 35.9 Å². The number of halogens is 1. The first kappa shape index (κ1) is 44.1. The molecule has 7 atom stereocenters. The number of hydrogen-bond acceptors (Lipinski definition) is 12. The van der Waals surface area contributed by atoms with Gasteiger partial charge in [-0.1, -0.05) is 103 Å². The minimum absolute atomic E-state index is 0.0404. The number of phosphoric ester groups is 1. The van der Waals surface area contributed by atoms with Crippen LogP contribution < -0.4 is 5.73 Å². The largest absolute Gasteiger partial charge is 0.472 e. The van der Waals surface area contributed by atoms with Crippen LogP contribution in [0.3, 0.4) is 0 Å². The number of nitrogen functional groups attached to an aromatic ring is 1. The number of phosphoric acid groups is 1. The smallest absolute Gasteiger partial charge is 0.382 e. The fourth-order valence-electron chi connectivity index (χ4n) is 8.53. The maximum atomic E-state index is 14.2. The van der Waals surface area contributed by atoms with Gasteiger partial charge in [-0.3, -0.25) is 9.05 Å². The lowest BCUT2D eigenvalue weighted by Gasteiger charge is -2.25. The second kappa shape index (κ2) is 19.3. The Bertz CT molecular complexity index is 1990. The van der Waals surface area contributed by atoms with Crippen LogP contribution in [0.25, 0.3) is 5.52 Å². The van der Waals surface area contributed by atoms with E-state index in [1.807, 2.05) is 6.07 Å². The lowest BCUT2D eigenvalue weighted by molar-refractivity contribution is -0.182. The summed E-state index contributed by atoms with van der Waals surface area (Å²) < 4.78 is 65.6. The van der Waals surface area contributed by atoms with E-state index in [2.05, 4.69) is 23.1 Å². The van der Waals surface area contributed by atoms with Gasteiger partial charge in [0.25, 0.3) is 0 Å². The van der Waals surface area contributed by atoms with Crippen LogP contribution in [0.5, 0.6) is 0 Å². The summed E-state index contributed by atoms with van der Waals surface area (Å²) >= 11 is 0. The molecule has 1 spiro atoms. The molecule has 1 saturated carbocycles. The first-order valence-corrected chi connectivity index (χ1v) is 22.4. The molecule has 2 unspecified atom stereocenters. The van der Waals surface area contributed by atoms with Crippen molar-refractivity contribution >= 4 is 19.2 Å². The van der Waals surface area contributed by atoms with Crippen molar-refractivity contribution in [3.63, 3.8) is 0 Å². The van der Waals surface area contributed by atoms with E-state index in [-0.39, 0.29) is 24.6 Å². The monoisotopic (exact) mass is 824 g/mol. The number of hydrogen-bond donors (Lipinski definition) is 2. The van der Waals surface area contributed by atoms with E-state index in [1.54, 1.807) is 30.5 Å². The summed E-state index contributed by atoms with van der Waals surface area (Å²) in [4.78, 5) is 15.1. The van der Waals surface area contributed by atoms with Gasteiger partial charge in [0.15, 0.2) is 23.3 Å². The van der Waals surface area contributed by atoms with Crippen LogP contribution in [0.15, 0.2) is 36.7 Å². The normalized spacial score (nSPS) is 25.8. The minimum Gasteiger partial charge on any atom is -0.382 e. The number of aromatic nitrogens is 3. The van der Waals surface area contributed by atoms with Gasteiger partial charge in [-0.05, 0) is 56.2 Å². The highest BCUT2D eigenvalue weighted by atomic mass is 31.2. The van der Waals surface area contributed by atoms with Crippen LogP contribution in [0.2, 0.25) is 0 Å². The van der Waals surface area contributed by atoms with Crippen molar-refractivity contribution < 1.29 is 41.8 Å². The maximum Gasteiger partial charge on any atom is 0.472 e. The number of nitrogens with two attached hydrogens (primary N) is 1. The summed E-state index contributed by atoms with van der Waals surface area (Å²) in [5.74, 6) is -1.50. The van der Waals surface area contributed by atoms with Crippen molar-refractivity contribution in [3.8, 4) is 12.1 Å². The zero-order valence-corrected chi connectivity index (χ0v) is 34.8. The van der Waals surface area contributed by atoms with E-state index in [9.17, 15) is 24.4 Å². The van der Waals surface area contributed by atoms with Crippen molar-refractivity contribution in [3.05, 3.63) is 59.3 Å². The van der Waals surface area contributed by atoms with Crippen molar-refractivity contribution in [2.45, 2.75) is 172 Å². The highest BCUT2D eigenvalue weighted by Crippen LogP contribution is 2.74. The molecular formula is C42H58FN6O8P. The van der Waals surface area contributed by atoms with E-state index in [1.165, 1.54) is 89.1 Å². The Morgan fingerprint density at radius 3 is 2.28 bits per heavy atom. The molecule has 3 aliphatic rings. The molecule has 316 valence electrons. The summed E-state index contributed by atoms with van der Waals surface area (Å²) in [6.45, 7) is 5.24. The predicted molar refractivity (Wildman–Crippen MR) is 212 cm³/mol. The number of ether oxygens (including phenoxy) is 4. The lowest BCUT2D eigenvalue weighted by atomic mass is 10.0. The maximum absolute atomic E-state index is 14.2. The van der Waals surface area contributed by atoms with Crippen molar-refractivity contribution in [1.29, 1.82) is 10.5 Å². The van der Waals surface area contributed by atoms with Gasteiger partial charge in [-0.25, -0.2) is 18.5 Å². The molecule has 0 amide bonds. The SMILES string of the molecule is CCCCCCCCCCCCCCCCC[C@@H](COP(=O)(O)OC1[C@@]2(C#N)O[C@@H](c3ccc4c(N)ncnn34)[C@@H]3OC(C)(C)O[C@@]132)OCc1cc(F)cc(C#N)c1. The van der Waals surface area contributed by atoms with Crippen molar-refractivity contribution in [1.82, 2.24) is 14.6 Å². The van der Waals surface area contributed by atoms with Gasteiger partial charge >= 0.3 is 7.82 Å². The molecule has 3 N–H and O–H groups in total. The van der Waals surface area contributed by atoms with Crippen LogP contribution in [-0.2, 0) is 39.2 Å². The molecule has 2 aliphatic heterocycles. The Labute approximate surface area is 340 Å². The summed E-state index contributed by atoms with van der Waals surface area (Å²) in [5, 5.41) is 24.1. The molecule has 58 heavy (non-hydrogen) atoms. The highest BCUT2D eigenvalue weighted by Gasteiger charge is 2.95. The predicted octanol–water partition coefficient (Wildman–Crippen LogP) is 8.91. The van der Waals surface area contributed by atoms with Gasteiger partial charge in [-0.15, -0.1) is 0 Å². The summed E-state index contributed by atoms with van der Waals surface area (Å²) in [5.41, 5.74) is 4.36. The number of benzene rings is 1. The molecule has 3 fully saturated rings. The summed E-state index contributed by atoms with van der Waals surface area (Å²) in [7, 11) is -4.85. The standard InChI is InChI=1S/C42H58FN6O8P/c1-4-5-6-7-8-9-10-11-12-13-14-15-16-17-18-19-33(52-26-31-22-30(25-44)23-32(43)24-31)27-53-58(50,51)56-39-41(28-45)42(39)37(55-40(2,3)57-42)36(54-41)34-20-21-35-38(46)47-29-48-49(34)35/h20-24,29,33,36-37,39H,4-19,26-27H2,1-3H3,(H,50,51)(H2,46,47,48)/t33-,36-,37-,39?,41+,42+/m0/s1. The number of nitriles is 2. The van der Waals surface area contributed by atoms with E-state index in [0.29, 0.717) is 23.2 Å². The Morgan fingerprint density at radius 1 is 0.983 bits per heavy atom. The van der Waals surface area contributed by atoms with Crippen LogP contribution in [-0.4, -0.2) is 61.4 Å². The number of anilines is 1. The Kier molecular flexibility index (Phi) is 14.6. The second-order valence-corrected chi connectivity index (χ2v) is 17.7. The van der Waals surface area contributed by atoms with E-state index >= 15 is 0 Å². The molecule has 1 aliphatic carbocycles. The van der Waals surface area contributed by atoms with Gasteiger partial charge in [0, 0.05) is 0 Å². The van der Waals surface area contributed by atoms with Gasteiger partial charge in [-0.2, -0.15) is 15.6 Å². The molecule has 1 aromatic carbocycles. The number of nitrogens with zero attached hydrogens (tertiary/aromatic N) is 5. The minimum atomic E-state index is -4.85. The zero-order chi connectivity index (χ0) is 41.4. The second-order valence-electron chi connectivity index (χ2n) is 16.3. The molecule has 2 saturated heterocycles. The first-order valence-electron chi connectivity index (χ1n) is 20.9. The molecule has 14 nitrogen and oxygen atoms in total. The molecule has 3 aromatic rings. The fraction of sp³-hybridized carbons (Fsp3) is 0.667. The summed E-state index contributed by atoms with van der Waals surface area (Å²) in [6.07, 6.45) is 16.3. The zero-order valence-electron chi connectivity index (χ0n) is 33.9. The average molecular weight is 825 g/mol. The van der Waals surface area contributed by atoms with Gasteiger partial charge < -0.3 is 29.6 Å². The van der Waals surface area contributed by atoms with Crippen LogP contribution >= 0.6 is 7.82 Å². The van der Waals surface area contributed by atoms with Gasteiger partial charge in [0.2, 0.25) is 5.60 Å². The number of rotatable bonds is 25. The third-order valence-electron chi connectivity index (χ3n) is 11.4. The van der Waals surface area contributed by atoms with Crippen LogP contribution in [0, 0.1) is 28.5 Å². The lowest BCUT2D eigenvalue weighted by Crippen LogP contribution is -2.33. The quantitative estimate of drug-likeness (QED) is 0.0607. The van der Waals surface area contributed by atoms with E-state index < -0.39 is 55.0 Å². The molecule has 0 radical (unpaired) electrons. The van der Waals surface area contributed by atoms with Crippen LogP contribution in [0.1, 0.15) is 146 Å². The van der Waals surface area contributed by atoms with Crippen molar-refractivity contribution in [2.75, 3.05) is 12.3 Å². The highest BCUT2D eigenvalue weighted by molar-refractivity contribution is 7.47. The average Bonchev–Trinajstić information content (AvgIpc) is 3.54. The topological polar surface area (TPSA) is 196 Å². The molecule has 16 heteroatoms. The van der Waals surface area contributed by atoms with Gasteiger partial charge in [0.05, 0.1) is 36.6 Å². The number of fused-ring (bicyclic) bond motifs is 1. The Balaban J connectivity index is 1.02. The van der Waals surface area contributed by atoms with Crippen LogP contribution in [0.4, 0.5) is 10.2 Å². The molecular weight excluding hydrogens is 766 g/mol. The van der Waals surface area contributed by atoms with Crippen molar-refractivity contribution in [2.24, 2.45) is 0 Å².